The summed E-state index contributed by atoms with van der Waals surface area (Å²) >= 11 is 0. The first kappa shape index (κ1) is 6.61. The van der Waals surface area contributed by atoms with Crippen molar-refractivity contribution in [3.8, 4) is 11.5 Å². The molecule has 1 N–H and O–H groups in total. The zero-order chi connectivity index (χ0) is 7.56. The molecule has 51 valence electrons. The Morgan fingerprint density at radius 3 is 2.40 bits per heavy atom. The molecule has 0 aromatic heterocycles. The SMILES string of the molecule is [O]c1ccc(=O)ccc1O. The van der Waals surface area contributed by atoms with E-state index in [1.807, 2.05) is 0 Å². The fourth-order valence-corrected chi connectivity index (χ4v) is 0.542. The second kappa shape index (κ2) is 2.39. The van der Waals surface area contributed by atoms with E-state index in [0.29, 0.717) is 0 Å². The van der Waals surface area contributed by atoms with E-state index in [1.165, 1.54) is 0 Å². The molecule has 3 nitrogen and oxygen atoms in total. The molecule has 0 spiro atoms. The lowest BCUT2D eigenvalue weighted by molar-refractivity contribution is 0.325. The fourth-order valence-electron chi connectivity index (χ4n) is 0.542. The van der Waals surface area contributed by atoms with E-state index in [2.05, 4.69) is 0 Å². The highest BCUT2D eigenvalue weighted by molar-refractivity contribution is 5.34. The normalized spacial score (nSPS) is 9.20. The zero-order valence-corrected chi connectivity index (χ0v) is 5.07. The Bertz CT molecular complexity index is 265. The van der Waals surface area contributed by atoms with E-state index in [0.717, 1.165) is 24.3 Å². The van der Waals surface area contributed by atoms with Crippen molar-refractivity contribution < 1.29 is 10.2 Å². The standard InChI is InChI=1S/C7H5O3/c8-5-1-3-6(9)7(10)4-2-5/h1-4,9H. The zero-order valence-electron chi connectivity index (χ0n) is 5.07. The second-order valence-corrected chi connectivity index (χ2v) is 1.82. The molecule has 0 aliphatic heterocycles. The molecule has 0 amide bonds. The maximum absolute atomic E-state index is 10.6. The van der Waals surface area contributed by atoms with Crippen molar-refractivity contribution in [1.29, 1.82) is 0 Å². The van der Waals surface area contributed by atoms with Gasteiger partial charge in [0.15, 0.2) is 11.2 Å². The predicted molar refractivity (Wildman–Crippen MR) is 34.5 cm³/mol. The summed E-state index contributed by atoms with van der Waals surface area (Å²) in [7, 11) is 0. The smallest absolute Gasteiger partial charge is 0.220 e. The fraction of sp³-hybridized carbons (Fsp3) is 0. The van der Waals surface area contributed by atoms with E-state index in [-0.39, 0.29) is 5.43 Å². The highest BCUT2D eigenvalue weighted by Crippen LogP contribution is 2.20. The second-order valence-electron chi connectivity index (χ2n) is 1.82. The van der Waals surface area contributed by atoms with Gasteiger partial charge in [0.1, 0.15) is 0 Å². The Labute approximate surface area is 57.2 Å². The molecule has 10 heavy (non-hydrogen) atoms. The van der Waals surface area contributed by atoms with E-state index >= 15 is 0 Å². The highest BCUT2D eigenvalue weighted by atomic mass is 16.3. The lowest BCUT2D eigenvalue weighted by atomic mass is 10.4. The molecule has 0 aliphatic carbocycles. The summed E-state index contributed by atoms with van der Waals surface area (Å²) in [5, 5.41) is 19.3. The molecule has 0 atom stereocenters. The van der Waals surface area contributed by atoms with Gasteiger partial charge < -0.3 is 5.11 Å². The maximum atomic E-state index is 10.6. The molecule has 0 saturated heterocycles. The largest absolute Gasteiger partial charge is 0.504 e. The molecular weight excluding hydrogens is 132 g/mol. The molecule has 0 heterocycles. The summed E-state index contributed by atoms with van der Waals surface area (Å²) in [5.74, 6) is -0.941. The molecule has 1 aromatic carbocycles. The summed E-state index contributed by atoms with van der Waals surface area (Å²) in [6.07, 6.45) is 0. The Morgan fingerprint density at radius 1 is 1.10 bits per heavy atom. The van der Waals surface area contributed by atoms with Crippen molar-refractivity contribution in [1.82, 2.24) is 0 Å². The van der Waals surface area contributed by atoms with Gasteiger partial charge in [-0.2, -0.15) is 0 Å². The monoisotopic (exact) mass is 137 g/mol. The molecule has 1 radical (unpaired) electrons. The van der Waals surface area contributed by atoms with E-state index in [4.69, 9.17) is 5.11 Å². The minimum atomic E-state index is -0.540. The molecule has 3 heteroatoms. The molecule has 1 aromatic rings. The van der Waals surface area contributed by atoms with Crippen LogP contribution in [-0.4, -0.2) is 5.11 Å². The van der Waals surface area contributed by atoms with Crippen LogP contribution in [0.1, 0.15) is 0 Å². The van der Waals surface area contributed by atoms with Crippen LogP contribution in [0.3, 0.4) is 0 Å². The Balaban J connectivity index is 3.42. The summed E-state index contributed by atoms with van der Waals surface area (Å²) < 4.78 is 0. The first-order valence-electron chi connectivity index (χ1n) is 2.70. The Hall–Kier alpha value is -1.51. The van der Waals surface area contributed by atoms with Gasteiger partial charge in [-0.1, -0.05) is 0 Å². The third kappa shape index (κ3) is 1.25. The van der Waals surface area contributed by atoms with E-state index in [1.54, 1.807) is 0 Å². The summed E-state index contributed by atoms with van der Waals surface area (Å²) in [5.41, 5.74) is -0.294. The lowest BCUT2D eigenvalue weighted by Gasteiger charge is -1.81. The van der Waals surface area contributed by atoms with Crippen LogP contribution in [0.5, 0.6) is 11.5 Å². The van der Waals surface area contributed by atoms with Crippen molar-refractivity contribution >= 4 is 0 Å². The average molecular weight is 137 g/mol. The molecule has 0 fully saturated rings. The van der Waals surface area contributed by atoms with Gasteiger partial charge in [0.2, 0.25) is 5.75 Å². The lowest BCUT2D eigenvalue weighted by Crippen LogP contribution is -1.87. The van der Waals surface area contributed by atoms with E-state index < -0.39 is 11.5 Å². The van der Waals surface area contributed by atoms with Gasteiger partial charge in [0.05, 0.1) is 0 Å². The molecule has 0 bridgehead atoms. The van der Waals surface area contributed by atoms with Crippen LogP contribution in [-0.2, 0) is 5.11 Å². The summed E-state index contributed by atoms with van der Waals surface area (Å²) in [4.78, 5) is 10.5. The van der Waals surface area contributed by atoms with Crippen LogP contribution >= 0.6 is 0 Å². The van der Waals surface area contributed by atoms with Crippen molar-refractivity contribution in [2.45, 2.75) is 0 Å². The predicted octanol–water partition coefficient (Wildman–Crippen LogP) is 0.896. The van der Waals surface area contributed by atoms with Crippen molar-refractivity contribution in [2.24, 2.45) is 0 Å². The molecule has 0 aliphatic rings. The van der Waals surface area contributed by atoms with Gasteiger partial charge >= 0.3 is 0 Å². The molecule has 1 rings (SSSR count). The van der Waals surface area contributed by atoms with Gasteiger partial charge in [-0.15, -0.1) is 0 Å². The topological polar surface area (TPSA) is 57.2 Å². The van der Waals surface area contributed by atoms with Crippen LogP contribution < -0.4 is 5.43 Å². The van der Waals surface area contributed by atoms with Crippen LogP contribution in [0.2, 0.25) is 0 Å². The van der Waals surface area contributed by atoms with Gasteiger partial charge in [0, 0.05) is 0 Å². The Morgan fingerprint density at radius 2 is 1.70 bits per heavy atom. The molecular formula is C7H5O3. The number of hydrogen-bond donors (Lipinski definition) is 1. The van der Waals surface area contributed by atoms with Crippen LogP contribution in [0.25, 0.3) is 0 Å². The first-order valence-corrected chi connectivity index (χ1v) is 2.70. The van der Waals surface area contributed by atoms with Crippen molar-refractivity contribution in [3.05, 3.63) is 34.5 Å². The average Bonchev–Trinajstić information content (AvgIpc) is 2.04. The molecule has 0 saturated carbocycles. The quantitative estimate of drug-likeness (QED) is 0.577. The van der Waals surface area contributed by atoms with Gasteiger partial charge in [-0.05, 0) is 24.3 Å². The van der Waals surface area contributed by atoms with Gasteiger partial charge in [-0.25, -0.2) is 0 Å². The minimum Gasteiger partial charge on any atom is -0.504 e. The van der Waals surface area contributed by atoms with Crippen LogP contribution in [0.15, 0.2) is 29.1 Å². The van der Waals surface area contributed by atoms with Crippen LogP contribution in [0.4, 0.5) is 0 Å². The number of hydrogen-bond acceptors (Lipinski definition) is 2. The van der Waals surface area contributed by atoms with Gasteiger partial charge in [-0.3, -0.25) is 9.90 Å². The highest BCUT2D eigenvalue weighted by Gasteiger charge is 1.94. The van der Waals surface area contributed by atoms with Crippen molar-refractivity contribution in [2.75, 3.05) is 0 Å². The number of rotatable bonds is 0. The number of aromatic hydroxyl groups is 1. The third-order valence-corrected chi connectivity index (χ3v) is 1.06. The maximum Gasteiger partial charge on any atom is 0.220 e. The van der Waals surface area contributed by atoms with Crippen molar-refractivity contribution in [3.63, 3.8) is 0 Å². The third-order valence-electron chi connectivity index (χ3n) is 1.06. The minimum absolute atomic E-state index is 0.294. The summed E-state index contributed by atoms with van der Waals surface area (Å²) in [6.45, 7) is 0. The van der Waals surface area contributed by atoms with E-state index in [9.17, 15) is 9.90 Å². The first-order chi connectivity index (χ1) is 4.70. The Kier molecular flexibility index (Phi) is 1.58. The molecule has 0 unspecified atom stereocenters. The van der Waals surface area contributed by atoms with Gasteiger partial charge in [0.25, 0.3) is 0 Å². The van der Waals surface area contributed by atoms with Crippen LogP contribution in [0, 0.1) is 0 Å². The summed E-state index contributed by atoms with van der Waals surface area (Å²) in [6, 6.07) is 4.38.